The number of aryl methyl sites for hydroxylation is 2. The predicted octanol–water partition coefficient (Wildman–Crippen LogP) is 4.19. The molecule has 6 heteroatoms. The number of rotatable bonds is 4. The molecule has 1 atom stereocenters. The van der Waals surface area contributed by atoms with E-state index in [1.54, 1.807) is 31.2 Å². The molecule has 0 fully saturated rings. The van der Waals surface area contributed by atoms with Crippen LogP contribution in [0.1, 0.15) is 23.6 Å². The fraction of sp³-hybridized carbons (Fsp3) is 0.211. The number of hydrogen-bond donors (Lipinski definition) is 1. The van der Waals surface area contributed by atoms with Crippen LogP contribution in [0.3, 0.4) is 0 Å². The maximum Gasteiger partial charge on any atom is 0.266 e. The average molecular weight is 351 g/mol. The number of benzene rings is 2. The van der Waals surface area contributed by atoms with E-state index in [4.69, 9.17) is 10.00 Å². The Morgan fingerprint density at radius 3 is 2.68 bits per heavy atom. The minimum absolute atomic E-state index is 0.304. The van der Waals surface area contributed by atoms with Crippen LogP contribution in [0.4, 0.5) is 5.13 Å². The number of para-hydroxylation sites is 1. The Morgan fingerprint density at radius 1 is 1.24 bits per heavy atom. The fourth-order valence-electron chi connectivity index (χ4n) is 2.43. The predicted molar refractivity (Wildman–Crippen MR) is 99.0 cm³/mol. The first-order valence-electron chi connectivity index (χ1n) is 7.83. The number of carbonyl (C=O) groups excluding carboxylic acids is 1. The minimum Gasteiger partial charge on any atom is -0.480 e. The van der Waals surface area contributed by atoms with Crippen molar-refractivity contribution in [2.75, 3.05) is 5.32 Å². The molecule has 2 aromatic carbocycles. The lowest BCUT2D eigenvalue weighted by Crippen LogP contribution is -2.30. The maximum atomic E-state index is 12.4. The third-order valence-corrected chi connectivity index (χ3v) is 4.96. The van der Waals surface area contributed by atoms with Crippen molar-refractivity contribution >= 4 is 32.6 Å². The van der Waals surface area contributed by atoms with Gasteiger partial charge in [-0.3, -0.25) is 10.1 Å². The van der Waals surface area contributed by atoms with E-state index < -0.39 is 6.10 Å². The van der Waals surface area contributed by atoms with Crippen molar-refractivity contribution in [2.45, 2.75) is 26.9 Å². The molecule has 126 valence electrons. The summed E-state index contributed by atoms with van der Waals surface area (Å²) >= 11 is 1.45. The molecule has 1 N–H and O–H groups in total. The summed E-state index contributed by atoms with van der Waals surface area (Å²) in [5, 5.41) is 12.4. The van der Waals surface area contributed by atoms with Crippen LogP contribution >= 0.6 is 11.3 Å². The Balaban J connectivity index is 1.77. The van der Waals surface area contributed by atoms with Crippen LogP contribution in [-0.4, -0.2) is 17.0 Å². The molecule has 0 radical (unpaired) electrons. The molecule has 3 aromatic rings. The van der Waals surface area contributed by atoms with Crippen molar-refractivity contribution in [3.63, 3.8) is 0 Å². The van der Waals surface area contributed by atoms with E-state index in [0.717, 1.165) is 21.3 Å². The molecule has 25 heavy (non-hydrogen) atoms. The Hall–Kier alpha value is -2.91. The van der Waals surface area contributed by atoms with E-state index in [0.29, 0.717) is 16.4 Å². The number of anilines is 1. The third-order valence-electron chi connectivity index (χ3n) is 3.85. The summed E-state index contributed by atoms with van der Waals surface area (Å²) < 4.78 is 6.70. The second-order valence-electron chi connectivity index (χ2n) is 5.75. The summed E-state index contributed by atoms with van der Waals surface area (Å²) in [6, 6.07) is 13.0. The lowest BCUT2D eigenvalue weighted by atomic mass is 10.1. The highest BCUT2D eigenvalue weighted by atomic mass is 32.1. The topological polar surface area (TPSA) is 75.0 Å². The van der Waals surface area contributed by atoms with Gasteiger partial charge >= 0.3 is 0 Å². The summed E-state index contributed by atoms with van der Waals surface area (Å²) in [6.45, 7) is 5.67. The van der Waals surface area contributed by atoms with Gasteiger partial charge < -0.3 is 4.74 Å². The van der Waals surface area contributed by atoms with E-state index in [1.807, 2.05) is 26.0 Å². The lowest BCUT2D eigenvalue weighted by Gasteiger charge is -2.14. The number of carbonyl (C=O) groups is 1. The lowest BCUT2D eigenvalue weighted by molar-refractivity contribution is -0.122. The average Bonchev–Trinajstić information content (AvgIpc) is 3.03. The van der Waals surface area contributed by atoms with E-state index in [-0.39, 0.29) is 5.91 Å². The quantitative estimate of drug-likeness (QED) is 0.765. The van der Waals surface area contributed by atoms with Crippen LogP contribution in [-0.2, 0) is 4.79 Å². The molecular weight excluding hydrogens is 334 g/mol. The number of nitriles is 1. The Bertz CT molecular complexity index is 949. The molecule has 0 aliphatic heterocycles. The summed E-state index contributed by atoms with van der Waals surface area (Å²) in [4.78, 5) is 16.9. The van der Waals surface area contributed by atoms with Gasteiger partial charge in [-0.1, -0.05) is 35.6 Å². The van der Waals surface area contributed by atoms with Gasteiger partial charge in [-0.15, -0.1) is 0 Å². The largest absolute Gasteiger partial charge is 0.480 e. The molecule has 5 nitrogen and oxygen atoms in total. The van der Waals surface area contributed by atoms with Gasteiger partial charge in [0.25, 0.3) is 5.91 Å². The van der Waals surface area contributed by atoms with Gasteiger partial charge in [0, 0.05) is 0 Å². The number of nitrogens with zero attached hydrogens (tertiary/aromatic N) is 2. The van der Waals surface area contributed by atoms with Crippen LogP contribution in [0, 0.1) is 25.2 Å². The number of hydrogen-bond acceptors (Lipinski definition) is 5. The highest BCUT2D eigenvalue weighted by molar-refractivity contribution is 7.22. The van der Waals surface area contributed by atoms with Gasteiger partial charge in [0.2, 0.25) is 0 Å². The van der Waals surface area contributed by atoms with E-state index in [2.05, 4.69) is 16.4 Å². The molecule has 0 bridgehead atoms. The first-order chi connectivity index (χ1) is 12.0. The molecule has 1 aromatic heterocycles. The summed E-state index contributed by atoms with van der Waals surface area (Å²) in [6.07, 6.45) is -0.747. The van der Waals surface area contributed by atoms with Crippen LogP contribution in [0.25, 0.3) is 10.2 Å². The van der Waals surface area contributed by atoms with Crippen LogP contribution in [0.15, 0.2) is 36.4 Å². The molecule has 1 unspecified atom stereocenters. The van der Waals surface area contributed by atoms with Gasteiger partial charge in [0.1, 0.15) is 11.8 Å². The first-order valence-corrected chi connectivity index (χ1v) is 8.64. The minimum atomic E-state index is -0.747. The zero-order valence-corrected chi connectivity index (χ0v) is 15.0. The fourth-order valence-corrected chi connectivity index (χ4v) is 3.44. The second kappa shape index (κ2) is 6.91. The SMILES string of the molecule is Cc1ccc(C)c2sc(NC(=O)C(C)Oc3ccccc3C#N)nc12. The third kappa shape index (κ3) is 3.47. The number of thiazole rings is 1. The highest BCUT2D eigenvalue weighted by Crippen LogP contribution is 2.31. The molecule has 1 heterocycles. The molecular formula is C19H17N3O2S. The molecule has 0 saturated heterocycles. The molecule has 0 aliphatic carbocycles. The summed E-state index contributed by atoms with van der Waals surface area (Å²) in [5.41, 5.74) is 3.51. The molecule has 3 rings (SSSR count). The Labute approximate surface area is 149 Å². The van der Waals surface area contributed by atoms with Crippen molar-refractivity contribution in [3.8, 4) is 11.8 Å². The summed E-state index contributed by atoms with van der Waals surface area (Å²) in [5.74, 6) is 0.0887. The number of ether oxygens (including phenoxy) is 1. The van der Waals surface area contributed by atoms with Crippen molar-refractivity contribution in [3.05, 3.63) is 53.1 Å². The van der Waals surface area contributed by atoms with Crippen molar-refractivity contribution in [2.24, 2.45) is 0 Å². The number of fused-ring (bicyclic) bond motifs is 1. The molecule has 0 aliphatic rings. The Morgan fingerprint density at radius 2 is 1.96 bits per heavy atom. The molecule has 0 saturated carbocycles. The van der Waals surface area contributed by atoms with Crippen LogP contribution in [0.5, 0.6) is 5.75 Å². The van der Waals surface area contributed by atoms with E-state index in [1.165, 1.54) is 11.3 Å². The zero-order chi connectivity index (χ0) is 18.0. The maximum absolute atomic E-state index is 12.4. The first kappa shape index (κ1) is 16.9. The van der Waals surface area contributed by atoms with Crippen molar-refractivity contribution < 1.29 is 9.53 Å². The van der Waals surface area contributed by atoms with Gasteiger partial charge in [0.05, 0.1) is 15.8 Å². The van der Waals surface area contributed by atoms with Crippen LogP contribution < -0.4 is 10.1 Å². The molecule has 0 spiro atoms. The number of nitrogens with one attached hydrogen (secondary N) is 1. The standard InChI is InChI=1S/C19H17N3O2S/c1-11-8-9-12(2)17-16(11)21-19(25-17)22-18(23)13(3)24-15-7-5-4-6-14(15)10-20/h4-9,13H,1-3H3,(H,21,22,23). The van der Waals surface area contributed by atoms with Crippen LogP contribution in [0.2, 0.25) is 0 Å². The smallest absolute Gasteiger partial charge is 0.266 e. The zero-order valence-electron chi connectivity index (χ0n) is 14.2. The number of aromatic nitrogens is 1. The summed E-state index contributed by atoms with van der Waals surface area (Å²) in [7, 11) is 0. The Kier molecular flexibility index (Phi) is 4.68. The van der Waals surface area contributed by atoms with E-state index >= 15 is 0 Å². The van der Waals surface area contributed by atoms with Gasteiger partial charge in [-0.05, 0) is 44.0 Å². The van der Waals surface area contributed by atoms with Crippen molar-refractivity contribution in [1.29, 1.82) is 5.26 Å². The van der Waals surface area contributed by atoms with Gasteiger partial charge in [-0.2, -0.15) is 5.26 Å². The van der Waals surface area contributed by atoms with Gasteiger partial charge in [-0.25, -0.2) is 4.98 Å². The van der Waals surface area contributed by atoms with Crippen molar-refractivity contribution in [1.82, 2.24) is 4.98 Å². The van der Waals surface area contributed by atoms with E-state index in [9.17, 15) is 4.79 Å². The number of amides is 1. The molecule has 1 amide bonds. The van der Waals surface area contributed by atoms with Gasteiger partial charge in [0.15, 0.2) is 11.2 Å². The monoisotopic (exact) mass is 351 g/mol. The normalized spacial score (nSPS) is 11.8. The highest BCUT2D eigenvalue weighted by Gasteiger charge is 2.18. The second-order valence-corrected chi connectivity index (χ2v) is 6.75.